The van der Waals surface area contributed by atoms with E-state index in [2.05, 4.69) is 0 Å². The fourth-order valence-corrected chi connectivity index (χ4v) is 1.87. The molecular formula is C9H16F3N. The average Bonchev–Trinajstić information content (AvgIpc) is 1.96. The SMILES string of the molecule is C[C@@H]1CCCN(CC(F)(F)F)[C@H]1C. The third-order valence-corrected chi connectivity index (χ3v) is 2.89. The van der Waals surface area contributed by atoms with Crippen LogP contribution in [0.25, 0.3) is 0 Å². The first-order valence-electron chi connectivity index (χ1n) is 4.71. The number of nitrogens with zero attached hydrogens (tertiary/aromatic N) is 1. The molecule has 0 aromatic carbocycles. The van der Waals surface area contributed by atoms with Crippen molar-refractivity contribution in [1.29, 1.82) is 0 Å². The van der Waals surface area contributed by atoms with Crippen LogP contribution in [-0.2, 0) is 0 Å². The Morgan fingerprint density at radius 2 is 1.92 bits per heavy atom. The van der Waals surface area contributed by atoms with Crippen molar-refractivity contribution < 1.29 is 13.2 Å². The predicted octanol–water partition coefficient (Wildman–Crippen LogP) is 2.67. The number of piperidine rings is 1. The Kier molecular flexibility index (Phi) is 3.22. The van der Waals surface area contributed by atoms with E-state index in [-0.39, 0.29) is 6.04 Å². The van der Waals surface area contributed by atoms with Crippen LogP contribution in [-0.4, -0.2) is 30.2 Å². The number of alkyl halides is 3. The molecule has 0 N–H and O–H groups in total. The molecular weight excluding hydrogens is 179 g/mol. The number of halogens is 3. The molecule has 1 aliphatic rings. The van der Waals surface area contributed by atoms with Gasteiger partial charge in [0.1, 0.15) is 0 Å². The highest BCUT2D eigenvalue weighted by molar-refractivity contribution is 4.79. The summed E-state index contributed by atoms with van der Waals surface area (Å²) >= 11 is 0. The minimum Gasteiger partial charge on any atom is -0.292 e. The lowest BCUT2D eigenvalue weighted by molar-refractivity contribution is -0.155. The molecule has 4 heteroatoms. The van der Waals surface area contributed by atoms with Crippen molar-refractivity contribution in [3.8, 4) is 0 Å². The summed E-state index contributed by atoms with van der Waals surface area (Å²) in [4.78, 5) is 1.54. The maximum Gasteiger partial charge on any atom is 0.401 e. The summed E-state index contributed by atoms with van der Waals surface area (Å²) in [5.74, 6) is 0.385. The van der Waals surface area contributed by atoms with Gasteiger partial charge in [-0.2, -0.15) is 13.2 Å². The standard InChI is InChI=1S/C9H16F3N/c1-7-4-3-5-13(8(7)2)6-9(10,11)12/h7-8H,3-6H2,1-2H3/t7-,8+/m1/s1. The van der Waals surface area contributed by atoms with Crippen molar-refractivity contribution in [1.82, 2.24) is 4.90 Å². The molecule has 78 valence electrons. The molecule has 0 spiro atoms. The van der Waals surface area contributed by atoms with Crippen molar-refractivity contribution in [3.05, 3.63) is 0 Å². The molecule has 13 heavy (non-hydrogen) atoms. The minimum absolute atomic E-state index is 0.0652. The van der Waals surface area contributed by atoms with E-state index in [1.54, 1.807) is 0 Å². The average molecular weight is 195 g/mol. The molecule has 1 nitrogen and oxygen atoms in total. The third-order valence-electron chi connectivity index (χ3n) is 2.89. The van der Waals surface area contributed by atoms with Crippen molar-refractivity contribution in [2.45, 2.75) is 38.9 Å². The zero-order chi connectivity index (χ0) is 10.1. The molecule has 0 unspecified atom stereocenters. The Labute approximate surface area is 76.9 Å². The molecule has 1 fully saturated rings. The van der Waals surface area contributed by atoms with E-state index >= 15 is 0 Å². The van der Waals surface area contributed by atoms with E-state index in [4.69, 9.17) is 0 Å². The first-order chi connectivity index (χ1) is 5.90. The van der Waals surface area contributed by atoms with Gasteiger partial charge in [-0.15, -0.1) is 0 Å². The second kappa shape index (κ2) is 3.86. The summed E-state index contributed by atoms with van der Waals surface area (Å²) in [7, 11) is 0. The Balaban J connectivity index is 2.49. The molecule has 0 bridgehead atoms. The normalized spacial score (nSPS) is 32.1. The lowest BCUT2D eigenvalue weighted by Crippen LogP contribution is -2.46. The number of likely N-dealkylation sites (tertiary alicyclic amines) is 1. The summed E-state index contributed by atoms with van der Waals surface area (Å²) in [6, 6.07) is 0.0652. The smallest absolute Gasteiger partial charge is 0.292 e. The van der Waals surface area contributed by atoms with Gasteiger partial charge in [-0.3, -0.25) is 4.90 Å². The van der Waals surface area contributed by atoms with E-state index in [9.17, 15) is 13.2 Å². The van der Waals surface area contributed by atoms with Gasteiger partial charge in [0.05, 0.1) is 6.54 Å². The summed E-state index contributed by atoms with van der Waals surface area (Å²) in [6.45, 7) is 3.74. The van der Waals surface area contributed by atoms with Crippen LogP contribution in [0.1, 0.15) is 26.7 Å². The second-order valence-corrected chi connectivity index (χ2v) is 3.95. The highest BCUT2D eigenvalue weighted by Crippen LogP contribution is 2.26. The highest BCUT2D eigenvalue weighted by atomic mass is 19.4. The van der Waals surface area contributed by atoms with Gasteiger partial charge in [-0.05, 0) is 32.2 Å². The number of rotatable bonds is 1. The molecule has 0 aromatic heterocycles. The Morgan fingerprint density at radius 1 is 1.31 bits per heavy atom. The molecule has 0 saturated carbocycles. The van der Waals surface area contributed by atoms with Crippen molar-refractivity contribution in [2.24, 2.45) is 5.92 Å². The Hall–Kier alpha value is -0.250. The molecule has 0 radical (unpaired) electrons. The molecule has 1 heterocycles. The maximum atomic E-state index is 12.1. The Bertz CT molecular complexity index is 167. The van der Waals surface area contributed by atoms with Gasteiger partial charge < -0.3 is 0 Å². The topological polar surface area (TPSA) is 3.24 Å². The molecule has 0 amide bonds. The van der Waals surface area contributed by atoms with Gasteiger partial charge in [-0.1, -0.05) is 6.92 Å². The quantitative estimate of drug-likeness (QED) is 0.621. The zero-order valence-corrected chi connectivity index (χ0v) is 8.06. The molecule has 1 aliphatic heterocycles. The number of hydrogen-bond donors (Lipinski definition) is 0. The summed E-state index contributed by atoms with van der Waals surface area (Å²) < 4.78 is 36.3. The molecule has 1 rings (SSSR count). The fraction of sp³-hybridized carbons (Fsp3) is 1.00. The highest BCUT2D eigenvalue weighted by Gasteiger charge is 2.35. The molecule has 0 aromatic rings. The monoisotopic (exact) mass is 195 g/mol. The lowest BCUT2D eigenvalue weighted by Gasteiger charge is -2.38. The predicted molar refractivity (Wildman–Crippen MR) is 45.5 cm³/mol. The van der Waals surface area contributed by atoms with Gasteiger partial charge in [0.25, 0.3) is 0 Å². The third kappa shape index (κ3) is 3.18. The van der Waals surface area contributed by atoms with Crippen molar-refractivity contribution in [2.75, 3.05) is 13.1 Å². The van der Waals surface area contributed by atoms with Crippen molar-refractivity contribution >= 4 is 0 Å². The second-order valence-electron chi connectivity index (χ2n) is 3.95. The van der Waals surface area contributed by atoms with Crippen molar-refractivity contribution in [3.63, 3.8) is 0 Å². The van der Waals surface area contributed by atoms with Crippen LogP contribution in [0.3, 0.4) is 0 Å². The zero-order valence-electron chi connectivity index (χ0n) is 8.06. The lowest BCUT2D eigenvalue weighted by atomic mass is 9.92. The largest absolute Gasteiger partial charge is 0.401 e. The van der Waals surface area contributed by atoms with Gasteiger partial charge >= 0.3 is 6.18 Å². The van der Waals surface area contributed by atoms with Gasteiger partial charge in [0.2, 0.25) is 0 Å². The maximum absolute atomic E-state index is 12.1. The van der Waals surface area contributed by atoms with E-state index in [1.165, 1.54) is 4.90 Å². The van der Waals surface area contributed by atoms with E-state index in [1.807, 2.05) is 13.8 Å². The van der Waals surface area contributed by atoms with E-state index in [0.717, 1.165) is 12.8 Å². The van der Waals surface area contributed by atoms with Gasteiger partial charge in [0.15, 0.2) is 0 Å². The van der Waals surface area contributed by atoms with Crippen LogP contribution >= 0.6 is 0 Å². The van der Waals surface area contributed by atoms with Crippen LogP contribution in [0.15, 0.2) is 0 Å². The van der Waals surface area contributed by atoms with Crippen LogP contribution in [0.5, 0.6) is 0 Å². The van der Waals surface area contributed by atoms with Crippen LogP contribution in [0, 0.1) is 5.92 Å². The van der Waals surface area contributed by atoms with Crippen LogP contribution in [0.4, 0.5) is 13.2 Å². The fourth-order valence-electron chi connectivity index (χ4n) is 1.87. The van der Waals surface area contributed by atoms with E-state index in [0.29, 0.717) is 12.5 Å². The van der Waals surface area contributed by atoms with Gasteiger partial charge in [-0.25, -0.2) is 0 Å². The first-order valence-corrected chi connectivity index (χ1v) is 4.71. The molecule has 2 atom stereocenters. The summed E-state index contributed by atoms with van der Waals surface area (Å²) in [5, 5.41) is 0. The van der Waals surface area contributed by atoms with Crippen LogP contribution < -0.4 is 0 Å². The Morgan fingerprint density at radius 3 is 2.46 bits per heavy atom. The summed E-state index contributed by atoms with van der Waals surface area (Å²) in [6.07, 6.45) is -2.11. The van der Waals surface area contributed by atoms with E-state index < -0.39 is 12.7 Å². The minimum atomic E-state index is -4.05. The molecule has 0 aliphatic carbocycles. The van der Waals surface area contributed by atoms with Gasteiger partial charge in [0, 0.05) is 6.04 Å². The van der Waals surface area contributed by atoms with Crippen LogP contribution in [0.2, 0.25) is 0 Å². The summed E-state index contributed by atoms with van der Waals surface area (Å²) in [5.41, 5.74) is 0. The number of hydrogen-bond acceptors (Lipinski definition) is 1. The first kappa shape index (κ1) is 10.8. The molecule has 1 saturated heterocycles.